The zero-order valence-corrected chi connectivity index (χ0v) is 14.3. The van der Waals surface area contributed by atoms with Crippen LogP contribution in [-0.4, -0.2) is 28.8 Å². The summed E-state index contributed by atoms with van der Waals surface area (Å²) >= 11 is 0. The third kappa shape index (κ3) is 3.37. The van der Waals surface area contributed by atoms with E-state index in [0.29, 0.717) is 17.5 Å². The van der Waals surface area contributed by atoms with Crippen LogP contribution < -0.4 is 5.32 Å². The van der Waals surface area contributed by atoms with Crippen molar-refractivity contribution >= 4 is 28.6 Å². The van der Waals surface area contributed by atoms with Gasteiger partial charge in [-0.3, -0.25) is 9.59 Å². The van der Waals surface area contributed by atoms with Crippen LogP contribution in [0.25, 0.3) is 10.9 Å². The first-order valence-corrected chi connectivity index (χ1v) is 8.38. The van der Waals surface area contributed by atoms with Gasteiger partial charge in [-0.05, 0) is 17.7 Å². The first-order valence-electron chi connectivity index (χ1n) is 8.38. The van der Waals surface area contributed by atoms with Gasteiger partial charge in [0.25, 0.3) is 11.7 Å². The number of fused-ring (bicyclic) bond motifs is 1. The number of aromatic nitrogens is 1. The molecule has 1 aliphatic rings. The summed E-state index contributed by atoms with van der Waals surface area (Å²) in [5.41, 5.74) is 2.52. The Kier molecular flexibility index (Phi) is 4.30. The van der Waals surface area contributed by atoms with Crippen molar-refractivity contribution in [2.45, 2.75) is 6.54 Å². The maximum Gasteiger partial charge on any atom is 0.333 e. The predicted octanol–water partition coefficient (Wildman–Crippen LogP) is 2.23. The topological polar surface area (TPSA) is 77.4 Å². The Bertz CT molecular complexity index is 1080. The molecule has 2 aromatic carbocycles. The normalized spacial score (nSPS) is 13.3. The van der Waals surface area contributed by atoms with E-state index in [-0.39, 0.29) is 12.3 Å². The molecule has 0 spiro atoms. The van der Waals surface area contributed by atoms with Crippen LogP contribution in [0.1, 0.15) is 15.9 Å². The molecule has 1 aromatic heterocycles. The summed E-state index contributed by atoms with van der Waals surface area (Å²) in [5.74, 6) is -1.99. The molecule has 1 aliphatic heterocycles. The highest BCUT2D eigenvalue weighted by molar-refractivity contribution is 6.45. The molecule has 6 nitrogen and oxygen atoms in total. The Hall–Kier alpha value is -3.67. The fourth-order valence-electron chi connectivity index (χ4n) is 3.05. The molecule has 3 aromatic rings. The second-order valence-electron chi connectivity index (χ2n) is 6.16. The molecule has 27 heavy (non-hydrogen) atoms. The lowest BCUT2D eigenvalue weighted by molar-refractivity contribution is -0.135. The largest absolute Gasteiger partial charge is 0.456 e. The standard InChI is InChI=1S/C21H15N2O4/c24-19-10-15(13-27-19)22-21(26)20(25)17-12-23(11-14-6-2-1-3-7-14)18-9-5-4-8-16(17)18/h2-10,12H,11,13H2,(H,22,26). The van der Waals surface area contributed by atoms with Gasteiger partial charge < -0.3 is 14.6 Å². The number of ether oxygens (including phenoxy) is 1. The van der Waals surface area contributed by atoms with Crippen LogP contribution in [0.3, 0.4) is 0 Å². The molecular weight excluding hydrogens is 344 g/mol. The number of Topliss-reactive ketones (excluding diaryl/α,β-unsaturated/α-hetero) is 1. The number of esters is 1. The minimum Gasteiger partial charge on any atom is -0.456 e. The van der Waals surface area contributed by atoms with Gasteiger partial charge >= 0.3 is 5.97 Å². The van der Waals surface area contributed by atoms with Crippen LogP contribution >= 0.6 is 0 Å². The van der Waals surface area contributed by atoms with Crippen molar-refractivity contribution in [2.24, 2.45) is 0 Å². The van der Waals surface area contributed by atoms with Crippen LogP contribution in [-0.2, 0) is 20.9 Å². The Balaban J connectivity index is 1.65. The van der Waals surface area contributed by atoms with E-state index >= 15 is 0 Å². The summed E-state index contributed by atoms with van der Waals surface area (Å²) in [5, 5.41) is 3.15. The van der Waals surface area contributed by atoms with E-state index in [1.807, 2.05) is 53.1 Å². The van der Waals surface area contributed by atoms with E-state index < -0.39 is 17.7 Å². The van der Waals surface area contributed by atoms with Crippen molar-refractivity contribution in [1.29, 1.82) is 0 Å². The average molecular weight is 359 g/mol. The smallest absolute Gasteiger partial charge is 0.333 e. The number of nitrogens with zero attached hydrogens (tertiary/aromatic N) is 1. The van der Waals surface area contributed by atoms with E-state index in [4.69, 9.17) is 4.74 Å². The number of carbonyl (C=O) groups is 3. The number of cyclic esters (lactones) is 1. The lowest BCUT2D eigenvalue weighted by atomic mass is 10.1. The number of benzene rings is 2. The summed E-state index contributed by atoms with van der Waals surface area (Å²) in [6.45, 7) is 0.530. The van der Waals surface area contributed by atoms with Crippen molar-refractivity contribution in [1.82, 2.24) is 9.88 Å². The summed E-state index contributed by atoms with van der Waals surface area (Å²) in [6.07, 6.45) is 2.86. The molecule has 1 radical (unpaired) electrons. The highest BCUT2D eigenvalue weighted by Crippen LogP contribution is 2.23. The van der Waals surface area contributed by atoms with Crippen molar-refractivity contribution in [3.05, 3.63) is 83.7 Å². The minimum absolute atomic E-state index is 0.0371. The lowest BCUT2D eigenvalue weighted by Crippen LogP contribution is -2.31. The summed E-state index contributed by atoms with van der Waals surface area (Å²) in [7, 11) is 0. The Morgan fingerprint density at radius 2 is 1.93 bits per heavy atom. The van der Waals surface area contributed by atoms with Crippen molar-refractivity contribution in [3.8, 4) is 0 Å². The van der Waals surface area contributed by atoms with Gasteiger partial charge in [0.15, 0.2) is 0 Å². The van der Waals surface area contributed by atoms with Gasteiger partial charge in [-0.15, -0.1) is 0 Å². The van der Waals surface area contributed by atoms with Gasteiger partial charge in [-0.25, -0.2) is 4.79 Å². The van der Waals surface area contributed by atoms with Crippen LogP contribution in [0.4, 0.5) is 0 Å². The molecule has 1 amide bonds. The number of amides is 1. The number of para-hydroxylation sites is 1. The number of hydrogen-bond donors (Lipinski definition) is 1. The molecule has 0 atom stereocenters. The maximum absolute atomic E-state index is 12.7. The third-order valence-corrected chi connectivity index (χ3v) is 4.32. The highest BCUT2D eigenvalue weighted by atomic mass is 16.5. The van der Waals surface area contributed by atoms with Gasteiger partial charge in [-0.1, -0.05) is 42.5 Å². The Labute approximate surface area is 155 Å². The number of ketones is 1. The average Bonchev–Trinajstić information content (AvgIpc) is 3.26. The number of carbonyl (C=O) groups excluding carboxylic acids is 3. The van der Waals surface area contributed by atoms with Gasteiger partial charge in [0.2, 0.25) is 0 Å². The first kappa shape index (κ1) is 16.8. The molecule has 0 fully saturated rings. The predicted molar refractivity (Wildman–Crippen MR) is 97.8 cm³/mol. The SMILES string of the molecule is O=C1C=C(NC(=O)C(=O)c2cn(Cc3cc[c]cc3)c3ccccc23)CO1. The maximum atomic E-state index is 12.7. The van der Waals surface area contributed by atoms with Crippen LogP contribution in [0, 0.1) is 6.07 Å². The molecule has 0 saturated heterocycles. The molecule has 1 N–H and O–H groups in total. The summed E-state index contributed by atoms with van der Waals surface area (Å²) < 4.78 is 6.67. The van der Waals surface area contributed by atoms with E-state index in [1.165, 1.54) is 6.08 Å². The van der Waals surface area contributed by atoms with Crippen molar-refractivity contribution < 1.29 is 19.1 Å². The van der Waals surface area contributed by atoms with Gasteiger partial charge in [0, 0.05) is 29.7 Å². The molecule has 133 valence electrons. The van der Waals surface area contributed by atoms with Crippen LogP contribution in [0.15, 0.2) is 66.5 Å². The quantitative estimate of drug-likeness (QED) is 0.431. The van der Waals surface area contributed by atoms with E-state index in [0.717, 1.165) is 11.1 Å². The molecule has 0 unspecified atom stereocenters. The van der Waals surface area contributed by atoms with Crippen LogP contribution in [0.2, 0.25) is 0 Å². The second kappa shape index (κ2) is 6.92. The summed E-state index contributed by atoms with van der Waals surface area (Å²) in [4.78, 5) is 36.1. The highest BCUT2D eigenvalue weighted by Gasteiger charge is 2.24. The lowest BCUT2D eigenvalue weighted by Gasteiger charge is -2.05. The fraction of sp³-hybridized carbons (Fsp3) is 0.0952. The molecule has 4 rings (SSSR count). The molecule has 6 heteroatoms. The summed E-state index contributed by atoms with van der Waals surface area (Å²) in [6, 6.07) is 18.0. The van der Waals surface area contributed by atoms with Crippen LogP contribution in [0.5, 0.6) is 0 Å². The molecule has 0 bridgehead atoms. The number of hydrogen-bond acceptors (Lipinski definition) is 4. The van der Waals surface area contributed by atoms with E-state index in [2.05, 4.69) is 11.4 Å². The second-order valence-corrected chi connectivity index (χ2v) is 6.16. The minimum atomic E-state index is -0.795. The fourth-order valence-corrected chi connectivity index (χ4v) is 3.05. The molecule has 0 saturated carbocycles. The zero-order chi connectivity index (χ0) is 18.8. The molecule has 0 aliphatic carbocycles. The third-order valence-electron chi connectivity index (χ3n) is 4.32. The van der Waals surface area contributed by atoms with E-state index in [1.54, 1.807) is 6.20 Å². The molecule has 2 heterocycles. The van der Waals surface area contributed by atoms with Crippen molar-refractivity contribution in [3.63, 3.8) is 0 Å². The number of rotatable bonds is 5. The Morgan fingerprint density at radius 1 is 1.15 bits per heavy atom. The molecular formula is C21H15N2O4. The first-order chi connectivity index (χ1) is 13.1. The van der Waals surface area contributed by atoms with Gasteiger partial charge in [0.05, 0.1) is 11.3 Å². The monoisotopic (exact) mass is 359 g/mol. The van der Waals surface area contributed by atoms with Gasteiger partial charge in [-0.2, -0.15) is 0 Å². The van der Waals surface area contributed by atoms with E-state index in [9.17, 15) is 14.4 Å². The number of nitrogens with one attached hydrogen (secondary N) is 1. The zero-order valence-electron chi connectivity index (χ0n) is 14.3. The van der Waals surface area contributed by atoms with Crippen molar-refractivity contribution in [2.75, 3.05) is 6.61 Å². The van der Waals surface area contributed by atoms with Gasteiger partial charge in [0.1, 0.15) is 6.61 Å². The Morgan fingerprint density at radius 3 is 2.67 bits per heavy atom.